The standard InChI is InChI=1S/C13H10ClF9N2/c14-7-8(6-4-2-1-3-5-6)24-25-9(7)10(15,16)11(17,18)12(19,20)13(21,22)23/h1-5,7-9,24-25H. The molecular formula is C13H10ClF9N2. The summed E-state index contributed by atoms with van der Waals surface area (Å²) >= 11 is 5.67. The minimum Gasteiger partial charge on any atom is -0.248 e. The van der Waals surface area contributed by atoms with Gasteiger partial charge >= 0.3 is 23.9 Å². The van der Waals surface area contributed by atoms with Gasteiger partial charge in [0, 0.05) is 0 Å². The van der Waals surface area contributed by atoms with Crippen molar-refractivity contribution >= 4 is 11.6 Å². The van der Waals surface area contributed by atoms with Crippen LogP contribution in [-0.2, 0) is 0 Å². The van der Waals surface area contributed by atoms with Crippen LogP contribution >= 0.6 is 11.6 Å². The summed E-state index contributed by atoms with van der Waals surface area (Å²) < 4.78 is 117. The van der Waals surface area contributed by atoms with Crippen molar-refractivity contribution in [3.63, 3.8) is 0 Å². The highest BCUT2D eigenvalue weighted by atomic mass is 35.5. The lowest BCUT2D eigenvalue weighted by molar-refractivity contribution is -0.399. The van der Waals surface area contributed by atoms with Crippen molar-refractivity contribution in [2.45, 2.75) is 41.4 Å². The van der Waals surface area contributed by atoms with Crippen LogP contribution in [0.3, 0.4) is 0 Å². The van der Waals surface area contributed by atoms with Crippen LogP contribution in [0.5, 0.6) is 0 Å². The maximum Gasteiger partial charge on any atom is 0.460 e. The van der Waals surface area contributed by atoms with Gasteiger partial charge in [-0.3, -0.25) is 0 Å². The molecule has 1 aliphatic rings. The first-order valence-corrected chi connectivity index (χ1v) is 7.09. The van der Waals surface area contributed by atoms with Gasteiger partial charge in [0.15, 0.2) is 0 Å². The zero-order valence-corrected chi connectivity index (χ0v) is 12.7. The van der Waals surface area contributed by atoms with Crippen LogP contribution in [0, 0.1) is 0 Å². The Labute approximate surface area is 140 Å². The molecule has 3 atom stereocenters. The van der Waals surface area contributed by atoms with Gasteiger partial charge < -0.3 is 0 Å². The number of hydrogen-bond acceptors (Lipinski definition) is 2. The van der Waals surface area contributed by atoms with Crippen LogP contribution in [0.15, 0.2) is 30.3 Å². The second-order valence-corrected chi connectivity index (χ2v) is 5.87. The summed E-state index contributed by atoms with van der Waals surface area (Å²) in [5.74, 6) is -19.5. The van der Waals surface area contributed by atoms with Gasteiger partial charge in [0.25, 0.3) is 0 Å². The lowest BCUT2D eigenvalue weighted by Gasteiger charge is -2.37. The van der Waals surface area contributed by atoms with Gasteiger partial charge in [-0.1, -0.05) is 30.3 Å². The number of hydrogen-bond donors (Lipinski definition) is 2. The van der Waals surface area contributed by atoms with E-state index in [0.717, 1.165) is 0 Å². The van der Waals surface area contributed by atoms with Gasteiger partial charge in [0.05, 0.1) is 11.4 Å². The fourth-order valence-electron chi connectivity index (χ4n) is 2.33. The van der Waals surface area contributed by atoms with Crippen LogP contribution in [0.1, 0.15) is 11.6 Å². The van der Waals surface area contributed by atoms with Crippen molar-refractivity contribution < 1.29 is 39.5 Å². The molecule has 1 aromatic carbocycles. The summed E-state index contributed by atoms with van der Waals surface area (Å²) in [5.41, 5.74) is 3.98. The molecule has 0 saturated carbocycles. The maximum atomic E-state index is 14.0. The first-order valence-electron chi connectivity index (χ1n) is 6.65. The third-order valence-corrected chi connectivity index (χ3v) is 4.25. The first kappa shape index (κ1) is 20.1. The molecule has 1 aliphatic heterocycles. The van der Waals surface area contributed by atoms with E-state index in [9.17, 15) is 39.5 Å². The predicted octanol–water partition coefficient (Wildman–Crippen LogP) is 4.28. The lowest BCUT2D eigenvalue weighted by Crippen LogP contribution is -2.67. The van der Waals surface area contributed by atoms with E-state index in [0.29, 0.717) is 0 Å². The normalized spacial score (nSPS) is 26.1. The summed E-state index contributed by atoms with van der Waals surface area (Å²) in [6.07, 6.45) is -6.87. The molecule has 2 N–H and O–H groups in total. The van der Waals surface area contributed by atoms with E-state index in [2.05, 4.69) is 5.43 Å². The van der Waals surface area contributed by atoms with Gasteiger partial charge in [-0.25, -0.2) is 10.9 Å². The van der Waals surface area contributed by atoms with Crippen molar-refractivity contribution in [2.75, 3.05) is 0 Å². The Morgan fingerprint density at radius 2 is 1.28 bits per heavy atom. The van der Waals surface area contributed by atoms with E-state index < -0.39 is 41.4 Å². The first-order chi connectivity index (χ1) is 11.2. The molecule has 25 heavy (non-hydrogen) atoms. The average Bonchev–Trinajstić information content (AvgIpc) is 2.89. The molecule has 0 amide bonds. The zero-order valence-electron chi connectivity index (χ0n) is 11.9. The van der Waals surface area contributed by atoms with Crippen LogP contribution in [0.25, 0.3) is 0 Å². The summed E-state index contributed by atoms with van der Waals surface area (Å²) in [7, 11) is 0. The Morgan fingerprint density at radius 3 is 1.76 bits per heavy atom. The van der Waals surface area contributed by atoms with Crippen LogP contribution in [-0.4, -0.2) is 35.4 Å². The Balaban J connectivity index is 2.34. The number of halogens is 10. The minimum absolute atomic E-state index is 0.249. The van der Waals surface area contributed by atoms with Crippen molar-refractivity contribution in [2.24, 2.45) is 0 Å². The Morgan fingerprint density at radius 1 is 0.760 bits per heavy atom. The van der Waals surface area contributed by atoms with Crippen molar-refractivity contribution in [1.82, 2.24) is 10.9 Å². The van der Waals surface area contributed by atoms with Gasteiger partial charge in [-0.05, 0) is 5.56 Å². The predicted molar refractivity (Wildman–Crippen MR) is 69.8 cm³/mol. The van der Waals surface area contributed by atoms with E-state index in [1.165, 1.54) is 24.3 Å². The number of benzene rings is 1. The maximum absolute atomic E-state index is 14.0. The molecule has 0 bridgehead atoms. The van der Waals surface area contributed by atoms with Gasteiger partial charge in [-0.15, -0.1) is 11.6 Å². The Kier molecular flexibility index (Phi) is 4.99. The number of alkyl halides is 10. The van der Waals surface area contributed by atoms with Crippen LogP contribution < -0.4 is 10.9 Å². The molecule has 142 valence electrons. The molecule has 3 unspecified atom stereocenters. The number of rotatable bonds is 4. The molecule has 0 aromatic heterocycles. The minimum atomic E-state index is -6.95. The topological polar surface area (TPSA) is 24.1 Å². The van der Waals surface area contributed by atoms with Crippen LogP contribution in [0.2, 0.25) is 0 Å². The van der Waals surface area contributed by atoms with E-state index in [1.807, 2.05) is 0 Å². The largest absolute Gasteiger partial charge is 0.460 e. The summed E-state index contributed by atoms with van der Waals surface area (Å²) in [5, 5.41) is -1.94. The van der Waals surface area contributed by atoms with Crippen molar-refractivity contribution in [1.29, 1.82) is 0 Å². The SMILES string of the molecule is FC(F)(F)C(F)(F)C(F)(F)C(F)(F)C1NNC(c2ccccc2)C1Cl. The quantitative estimate of drug-likeness (QED) is 0.582. The fraction of sp³-hybridized carbons (Fsp3) is 0.538. The van der Waals surface area contributed by atoms with E-state index in [4.69, 9.17) is 11.6 Å². The van der Waals surface area contributed by atoms with E-state index in [-0.39, 0.29) is 5.56 Å². The number of nitrogens with one attached hydrogen (secondary N) is 2. The highest BCUT2D eigenvalue weighted by Crippen LogP contribution is 2.55. The van der Waals surface area contributed by atoms with E-state index >= 15 is 0 Å². The molecular weight excluding hydrogens is 391 g/mol. The molecule has 12 heteroatoms. The fourth-order valence-corrected chi connectivity index (χ4v) is 2.76. The Hall–Kier alpha value is -1.20. The van der Waals surface area contributed by atoms with Gasteiger partial charge in [0.2, 0.25) is 0 Å². The molecule has 2 nitrogen and oxygen atoms in total. The second-order valence-electron chi connectivity index (χ2n) is 5.37. The highest BCUT2D eigenvalue weighted by molar-refractivity contribution is 6.22. The molecule has 0 spiro atoms. The van der Waals surface area contributed by atoms with Crippen molar-refractivity contribution in [3.8, 4) is 0 Å². The zero-order chi connectivity index (χ0) is 19.3. The molecule has 0 aliphatic carbocycles. The van der Waals surface area contributed by atoms with Crippen molar-refractivity contribution in [3.05, 3.63) is 35.9 Å². The summed E-state index contributed by atoms with van der Waals surface area (Å²) in [4.78, 5) is 0. The van der Waals surface area contributed by atoms with Gasteiger partial charge in [-0.2, -0.15) is 39.5 Å². The molecule has 0 radical (unpaired) electrons. The van der Waals surface area contributed by atoms with Crippen LogP contribution in [0.4, 0.5) is 39.5 Å². The average molecular weight is 401 g/mol. The second kappa shape index (κ2) is 6.20. The molecule has 2 rings (SSSR count). The molecule has 1 saturated heterocycles. The third-order valence-electron chi connectivity index (χ3n) is 3.75. The van der Waals surface area contributed by atoms with E-state index in [1.54, 1.807) is 11.5 Å². The number of hydrazine groups is 1. The summed E-state index contributed by atoms with van der Waals surface area (Å²) in [6.45, 7) is 0. The Bertz CT molecular complexity index is 605. The lowest BCUT2D eigenvalue weighted by atomic mass is 9.92. The molecule has 1 heterocycles. The summed E-state index contributed by atoms with van der Waals surface area (Å²) in [6, 6.07) is 3.17. The molecule has 1 fully saturated rings. The highest BCUT2D eigenvalue weighted by Gasteiger charge is 2.83. The third kappa shape index (κ3) is 3.06. The van der Waals surface area contributed by atoms with Gasteiger partial charge in [0.1, 0.15) is 6.04 Å². The molecule has 1 aromatic rings. The monoisotopic (exact) mass is 400 g/mol. The smallest absolute Gasteiger partial charge is 0.248 e.